The van der Waals surface area contributed by atoms with E-state index in [2.05, 4.69) is 0 Å². The molecule has 1 fully saturated rings. The van der Waals surface area contributed by atoms with Crippen LogP contribution in [0.2, 0.25) is 0 Å². The third kappa shape index (κ3) is 3.29. The molecule has 0 spiro atoms. The normalized spacial score (nSPS) is 18.5. The summed E-state index contributed by atoms with van der Waals surface area (Å²) in [5, 5.41) is 8.89. The van der Waals surface area contributed by atoms with E-state index in [0.29, 0.717) is 25.0 Å². The van der Waals surface area contributed by atoms with Crippen molar-refractivity contribution >= 4 is 21.7 Å². The minimum absolute atomic E-state index is 0.0443. The zero-order chi connectivity index (χ0) is 15.8. The number of halogens is 3. The standard InChI is InChI=1S/C12H12F3NO4S/c13-12(14,15)9-5-8(11(17)18)6-10(7-9)16-3-1-2-4-21(16,19)20/h5-7H,1-4H2,(H,17,18). The van der Waals surface area contributed by atoms with E-state index in [1.807, 2.05) is 0 Å². The van der Waals surface area contributed by atoms with Crippen LogP contribution in [0.5, 0.6) is 0 Å². The van der Waals surface area contributed by atoms with Gasteiger partial charge in [-0.3, -0.25) is 4.31 Å². The van der Waals surface area contributed by atoms with Gasteiger partial charge in [0.05, 0.1) is 22.6 Å². The highest BCUT2D eigenvalue weighted by Gasteiger charge is 2.34. The molecule has 0 saturated carbocycles. The molecule has 21 heavy (non-hydrogen) atoms. The molecule has 9 heteroatoms. The number of anilines is 1. The predicted molar refractivity (Wildman–Crippen MR) is 68.8 cm³/mol. The molecule has 0 atom stereocenters. The Hall–Kier alpha value is -1.77. The number of carboxylic acid groups (broad SMARTS) is 1. The largest absolute Gasteiger partial charge is 0.478 e. The summed E-state index contributed by atoms with van der Waals surface area (Å²) in [5.74, 6) is -1.71. The van der Waals surface area contributed by atoms with Crippen LogP contribution in [0, 0.1) is 0 Å². The fourth-order valence-electron chi connectivity index (χ4n) is 2.12. The molecule has 0 radical (unpaired) electrons. The molecular weight excluding hydrogens is 311 g/mol. The van der Waals surface area contributed by atoms with Crippen LogP contribution in [0.1, 0.15) is 28.8 Å². The van der Waals surface area contributed by atoms with Crippen LogP contribution in [0.3, 0.4) is 0 Å². The number of benzene rings is 1. The first-order valence-electron chi connectivity index (χ1n) is 6.07. The molecule has 5 nitrogen and oxygen atoms in total. The highest BCUT2D eigenvalue weighted by molar-refractivity contribution is 7.92. The summed E-state index contributed by atoms with van der Waals surface area (Å²) in [6.45, 7) is 0.0443. The summed E-state index contributed by atoms with van der Waals surface area (Å²) < 4.78 is 63.1. The Bertz CT molecular complexity index is 670. The van der Waals surface area contributed by atoms with Gasteiger partial charge in [0.2, 0.25) is 10.0 Å². The van der Waals surface area contributed by atoms with Gasteiger partial charge >= 0.3 is 12.1 Å². The second-order valence-corrected chi connectivity index (χ2v) is 6.68. The van der Waals surface area contributed by atoms with E-state index in [9.17, 15) is 26.4 Å². The first-order valence-corrected chi connectivity index (χ1v) is 7.68. The average molecular weight is 323 g/mol. The molecule has 1 N–H and O–H groups in total. The molecule has 0 aromatic heterocycles. The van der Waals surface area contributed by atoms with Crippen molar-refractivity contribution in [3.8, 4) is 0 Å². The van der Waals surface area contributed by atoms with E-state index in [1.54, 1.807) is 0 Å². The summed E-state index contributed by atoms with van der Waals surface area (Å²) in [5.41, 5.74) is -2.04. The van der Waals surface area contributed by atoms with Gasteiger partial charge in [-0.2, -0.15) is 13.2 Å². The van der Waals surface area contributed by atoms with Crippen LogP contribution in [-0.2, 0) is 16.2 Å². The maximum absolute atomic E-state index is 12.8. The fourth-order valence-corrected chi connectivity index (χ4v) is 3.74. The number of hydrogen-bond acceptors (Lipinski definition) is 3. The number of carbonyl (C=O) groups is 1. The maximum Gasteiger partial charge on any atom is 0.416 e. The SMILES string of the molecule is O=C(O)c1cc(N2CCCCS2(=O)=O)cc(C(F)(F)F)c1. The van der Waals surface area contributed by atoms with Gasteiger partial charge in [-0.25, -0.2) is 13.2 Å². The first kappa shape index (κ1) is 15.6. The molecule has 0 amide bonds. The molecule has 2 rings (SSSR count). The molecular formula is C12H12F3NO4S. The van der Waals surface area contributed by atoms with Crippen molar-refractivity contribution in [3.63, 3.8) is 0 Å². The van der Waals surface area contributed by atoms with Crippen LogP contribution >= 0.6 is 0 Å². The Morgan fingerprint density at radius 1 is 1.19 bits per heavy atom. The lowest BCUT2D eigenvalue weighted by molar-refractivity contribution is -0.137. The number of hydrogen-bond donors (Lipinski definition) is 1. The summed E-state index contributed by atoms with van der Waals surface area (Å²) in [6, 6.07) is 2.10. The van der Waals surface area contributed by atoms with Gasteiger partial charge < -0.3 is 5.11 Å². The molecule has 1 heterocycles. The lowest BCUT2D eigenvalue weighted by Gasteiger charge is -2.29. The predicted octanol–water partition coefficient (Wildman–Crippen LogP) is 2.33. The van der Waals surface area contributed by atoms with Gasteiger partial charge in [0, 0.05) is 6.54 Å². The quantitative estimate of drug-likeness (QED) is 0.906. The van der Waals surface area contributed by atoms with Crippen molar-refractivity contribution in [2.24, 2.45) is 0 Å². The van der Waals surface area contributed by atoms with Crippen molar-refractivity contribution in [2.45, 2.75) is 19.0 Å². The van der Waals surface area contributed by atoms with Crippen molar-refractivity contribution in [1.82, 2.24) is 0 Å². The van der Waals surface area contributed by atoms with Crippen molar-refractivity contribution in [2.75, 3.05) is 16.6 Å². The molecule has 0 bridgehead atoms. The Morgan fingerprint density at radius 2 is 1.86 bits per heavy atom. The lowest BCUT2D eigenvalue weighted by Crippen LogP contribution is -2.38. The highest BCUT2D eigenvalue weighted by Crippen LogP contribution is 2.34. The fraction of sp³-hybridized carbons (Fsp3) is 0.417. The Labute approximate surface area is 119 Å². The van der Waals surface area contributed by atoms with Gasteiger partial charge in [-0.05, 0) is 31.0 Å². The number of sulfonamides is 1. The summed E-state index contributed by atoms with van der Waals surface area (Å²) in [4.78, 5) is 10.9. The maximum atomic E-state index is 12.8. The lowest BCUT2D eigenvalue weighted by atomic mass is 10.1. The van der Waals surface area contributed by atoms with E-state index < -0.39 is 33.3 Å². The molecule has 0 unspecified atom stereocenters. The number of nitrogens with zero attached hydrogens (tertiary/aromatic N) is 1. The smallest absolute Gasteiger partial charge is 0.416 e. The second kappa shape index (κ2) is 5.21. The topological polar surface area (TPSA) is 74.7 Å². The second-order valence-electron chi connectivity index (χ2n) is 4.67. The number of carboxylic acids is 1. The summed E-state index contributed by atoms with van der Waals surface area (Å²) >= 11 is 0. The molecule has 1 aliphatic rings. The van der Waals surface area contributed by atoms with E-state index in [4.69, 9.17) is 5.11 Å². The van der Waals surface area contributed by atoms with Crippen LogP contribution in [0.25, 0.3) is 0 Å². The molecule has 1 aliphatic heterocycles. The first-order chi connectivity index (χ1) is 9.61. The average Bonchev–Trinajstić information content (AvgIpc) is 2.36. The van der Waals surface area contributed by atoms with Crippen LogP contribution in [-0.4, -0.2) is 31.8 Å². The molecule has 1 aromatic rings. The van der Waals surface area contributed by atoms with Gasteiger partial charge in [-0.1, -0.05) is 0 Å². The Kier molecular flexibility index (Phi) is 3.87. The third-order valence-corrected chi connectivity index (χ3v) is 5.00. The van der Waals surface area contributed by atoms with Crippen LogP contribution in [0.15, 0.2) is 18.2 Å². The van der Waals surface area contributed by atoms with Crippen LogP contribution < -0.4 is 4.31 Å². The monoisotopic (exact) mass is 323 g/mol. The number of rotatable bonds is 2. The van der Waals surface area contributed by atoms with Crippen molar-refractivity contribution in [1.29, 1.82) is 0 Å². The minimum atomic E-state index is -4.75. The molecule has 116 valence electrons. The van der Waals surface area contributed by atoms with Gasteiger partial charge in [0.25, 0.3) is 0 Å². The van der Waals surface area contributed by atoms with Gasteiger partial charge in [0.15, 0.2) is 0 Å². The minimum Gasteiger partial charge on any atom is -0.478 e. The van der Waals surface area contributed by atoms with E-state index >= 15 is 0 Å². The van der Waals surface area contributed by atoms with E-state index in [-0.39, 0.29) is 18.0 Å². The third-order valence-electron chi connectivity index (χ3n) is 3.13. The molecule has 1 aromatic carbocycles. The summed E-state index contributed by atoms with van der Waals surface area (Å²) in [7, 11) is -3.71. The van der Waals surface area contributed by atoms with Crippen molar-refractivity contribution < 1.29 is 31.5 Å². The Morgan fingerprint density at radius 3 is 2.38 bits per heavy atom. The number of alkyl halides is 3. The van der Waals surface area contributed by atoms with Crippen molar-refractivity contribution in [3.05, 3.63) is 29.3 Å². The van der Waals surface area contributed by atoms with E-state index in [0.717, 1.165) is 10.4 Å². The van der Waals surface area contributed by atoms with E-state index in [1.165, 1.54) is 0 Å². The number of aromatic carboxylic acids is 1. The van der Waals surface area contributed by atoms with Gasteiger partial charge in [0.1, 0.15) is 0 Å². The zero-order valence-electron chi connectivity index (χ0n) is 10.7. The zero-order valence-corrected chi connectivity index (χ0v) is 11.5. The van der Waals surface area contributed by atoms with Gasteiger partial charge in [-0.15, -0.1) is 0 Å². The van der Waals surface area contributed by atoms with Crippen LogP contribution in [0.4, 0.5) is 18.9 Å². The Balaban J connectivity index is 2.57. The summed E-state index contributed by atoms with van der Waals surface area (Å²) in [6.07, 6.45) is -3.80. The molecule has 1 saturated heterocycles. The molecule has 0 aliphatic carbocycles. The highest BCUT2D eigenvalue weighted by atomic mass is 32.2.